The van der Waals surface area contributed by atoms with Gasteiger partial charge in [0.25, 0.3) is 0 Å². The average Bonchev–Trinajstić information content (AvgIpc) is 3.33. The molecule has 1 aromatic heterocycles. The van der Waals surface area contributed by atoms with Gasteiger partial charge in [0.2, 0.25) is 0 Å². The number of aromatic nitrogens is 1. The van der Waals surface area contributed by atoms with Crippen molar-refractivity contribution in [1.29, 1.82) is 0 Å². The molecule has 7 heteroatoms. The van der Waals surface area contributed by atoms with Gasteiger partial charge in [0.1, 0.15) is 0 Å². The Labute approximate surface area is 159 Å². The van der Waals surface area contributed by atoms with Crippen LogP contribution in [0.25, 0.3) is 10.9 Å². The predicted molar refractivity (Wildman–Crippen MR) is 106 cm³/mol. The maximum Gasteiger partial charge on any atom is 0.320 e. The highest BCUT2D eigenvalue weighted by atomic mass is 16.2. The Morgan fingerprint density at radius 2 is 1.89 bits per heavy atom. The van der Waals surface area contributed by atoms with E-state index in [2.05, 4.69) is 21.7 Å². The van der Waals surface area contributed by atoms with Crippen molar-refractivity contribution in [2.75, 3.05) is 31.5 Å². The number of piperidine rings is 1. The predicted octanol–water partition coefficient (Wildman–Crippen LogP) is 3.28. The Balaban J connectivity index is 1.35. The maximum absolute atomic E-state index is 12.6. The number of aryl methyl sites for hydroxylation is 1. The van der Waals surface area contributed by atoms with E-state index < -0.39 is 0 Å². The number of benzene rings is 1. The summed E-state index contributed by atoms with van der Waals surface area (Å²) < 4.78 is 0. The molecule has 0 saturated carbocycles. The van der Waals surface area contributed by atoms with Crippen LogP contribution in [0.4, 0.5) is 15.3 Å². The molecule has 2 aliphatic heterocycles. The minimum atomic E-state index is -0.218. The van der Waals surface area contributed by atoms with Crippen molar-refractivity contribution in [1.82, 2.24) is 20.1 Å². The Bertz CT molecular complexity index is 840. The number of amides is 4. The molecule has 3 heterocycles. The summed E-state index contributed by atoms with van der Waals surface area (Å²) in [6.45, 7) is 5.05. The number of fused-ring (bicyclic) bond motifs is 1. The largest absolute Gasteiger partial charge is 0.361 e. The lowest BCUT2D eigenvalue weighted by atomic mass is 10.1. The summed E-state index contributed by atoms with van der Waals surface area (Å²) >= 11 is 0. The van der Waals surface area contributed by atoms with Crippen molar-refractivity contribution in [3.8, 4) is 0 Å². The number of anilines is 1. The van der Waals surface area contributed by atoms with Gasteiger partial charge in [-0.05, 0) is 61.8 Å². The molecule has 27 heavy (non-hydrogen) atoms. The summed E-state index contributed by atoms with van der Waals surface area (Å²) in [6.07, 6.45) is 5.88. The summed E-state index contributed by atoms with van der Waals surface area (Å²) in [5, 5.41) is 7.12. The molecule has 3 N–H and O–H groups in total. The molecule has 0 bridgehead atoms. The number of carbonyl (C=O) groups excluding carboxylic acids is 2. The SMILES string of the molecule is Cc1cc2cc[nH]c2cc1NC(=O)NC1CCCN(C(=O)N2CCCC2)C1. The lowest BCUT2D eigenvalue weighted by Crippen LogP contribution is -2.53. The first-order valence-corrected chi connectivity index (χ1v) is 9.79. The summed E-state index contributed by atoms with van der Waals surface area (Å²) in [6, 6.07) is 5.91. The minimum absolute atomic E-state index is 0.0140. The van der Waals surface area contributed by atoms with Gasteiger partial charge in [0, 0.05) is 49.6 Å². The second-order valence-corrected chi connectivity index (χ2v) is 7.59. The van der Waals surface area contributed by atoms with Crippen molar-refractivity contribution in [2.24, 2.45) is 0 Å². The number of hydrogen-bond donors (Lipinski definition) is 3. The number of H-pyrrole nitrogens is 1. The van der Waals surface area contributed by atoms with Crippen LogP contribution in [-0.2, 0) is 0 Å². The van der Waals surface area contributed by atoms with Gasteiger partial charge in [-0.1, -0.05) is 0 Å². The molecule has 4 rings (SSSR count). The van der Waals surface area contributed by atoms with Crippen LogP contribution in [0.3, 0.4) is 0 Å². The van der Waals surface area contributed by atoms with Gasteiger partial charge < -0.3 is 25.4 Å². The zero-order valence-corrected chi connectivity index (χ0v) is 15.8. The molecule has 7 nitrogen and oxygen atoms in total. The first-order chi connectivity index (χ1) is 13.1. The highest BCUT2D eigenvalue weighted by Crippen LogP contribution is 2.23. The van der Waals surface area contributed by atoms with Gasteiger partial charge in [0.15, 0.2) is 0 Å². The van der Waals surface area contributed by atoms with Gasteiger partial charge in [-0.15, -0.1) is 0 Å². The fourth-order valence-electron chi connectivity index (χ4n) is 4.07. The Hall–Kier alpha value is -2.70. The lowest BCUT2D eigenvalue weighted by Gasteiger charge is -2.35. The highest BCUT2D eigenvalue weighted by Gasteiger charge is 2.29. The van der Waals surface area contributed by atoms with Crippen molar-refractivity contribution in [3.05, 3.63) is 30.0 Å². The number of likely N-dealkylation sites (tertiary alicyclic amines) is 2. The topological polar surface area (TPSA) is 80.5 Å². The molecule has 0 spiro atoms. The number of rotatable bonds is 2. The molecule has 4 amide bonds. The Morgan fingerprint density at radius 3 is 2.70 bits per heavy atom. The minimum Gasteiger partial charge on any atom is -0.361 e. The highest BCUT2D eigenvalue weighted by molar-refractivity contribution is 5.94. The third kappa shape index (κ3) is 3.86. The first-order valence-electron chi connectivity index (χ1n) is 9.79. The van der Waals surface area contributed by atoms with E-state index in [4.69, 9.17) is 0 Å². The van der Waals surface area contributed by atoms with E-state index in [-0.39, 0.29) is 18.1 Å². The molecule has 2 aromatic rings. The van der Waals surface area contributed by atoms with E-state index in [9.17, 15) is 9.59 Å². The molecule has 1 atom stereocenters. The number of aromatic amines is 1. The van der Waals surface area contributed by atoms with Crippen molar-refractivity contribution in [2.45, 2.75) is 38.6 Å². The van der Waals surface area contributed by atoms with Crippen LogP contribution >= 0.6 is 0 Å². The van der Waals surface area contributed by atoms with Crippen LogP contribution in [0.5, 0.6) is 0 Å². The average molecular weight is 369 g/mol. The lowest BCUT2D eigenvalue weighted by molar-refractivity contribution is 0.143. The summed E-state index contributed by atoms with van der Waals surface area (Å²) in [4.78, 5) is 32.1. The standard InChI is InChI=1S/C20H27N5O2/c1-14-11-15-6-7-21-18(15)12-17(14)23-19(26)22-16-5-4-10-25(13-16)20(27)24-8-2-3-9-24/h6-7,11-12,16,21H,2-5,8-10,13H2,1H3,(H2,22,23,26). The van der Waals surface area contributed by atoms with Gasteiger partial charge >= 0.3 is 12.1 Å². The maximum atomic E-state index is 12.6. The van der Waals surface area contributed by atoms with E-state index in [1.807, 2.05) is 35.1 Å². The molecular weight excluding hydrogens is 342 g/mol. The Kier molecular flexibility index (Phi) is 4.92. The quantitative estimate of drug-likeness (QED) is 0.759. The molecule has 144 valence electrons. The molecule has 2 saturated heterocycles. The molecule has 1 aromatic carbocycles. The number of carbonyl (C=O) groups is 2. The number of hydrogen-bond acceptors (Lipinski definition) is 2. The zero-order valence-electron chi connectivity index (χ0n) is 15.8. The molecule has 2 fully saturated rings. The normalized spacial score (nSPS) is 20.1. The van der Waals surface area contributed by atoms with E-state index in [1.54, 1.807) is 0 Å². The fraction of sp³-hybridized carbons (Fsp3) is 0.500. The van der Waals surface area contributed by atoms with Crippen molar-refractivity contribution < 1.29 is 9.59 Å². The van der Waals surface area contributed by atoms with E-state index in [0.29, 0.717) is 6.54 Å². The molecule has 2 aliphatic rings. The monoisotopic (exact) mass is 369 g/mol. The number of nitrogens with zero attached hydrogens (tertiary/aromatic N) is 2. The van der Waals surface area contributed by atoms with Gasteiger partial charge in [0.05, 0.1) is 0 Å². The summed E-state index contributed by atoms with van der Waals surface area (Å²) in [7, 11) is 0. The Morgan fingerprint density at radius 1 is 1.11 bits per heavy atom. The number of nitrogens with one attached hydrogen (secondary N) is 3. The van der Waals surface area contributed by atoms with Crippen LogP contribution in [0, 0.1) is 6.92 Å². The van der Waals surface area contributed by atoms with Crippen LogP contribution in [0.1, 0.15) is 31.2 Å². The van der Waals surface area contributed by atoms with Gasteiger partial charge in [-0.2, -0.15) is 0 Å². The van der Waals surface area contributed by atoms with Crippen LogP contribution in [-0.4, -0.2) is 59.1 Å². The second-order valence-electron chi connectivity index (χ2n) is 7.59. The summed E-state index contributed by atoms with van der Waals surface area (Å²) in [5.74, 6) is 0. The van der Waals surface area contributed by atoms with Crippen molar-refractivity contribution in [3.63, 3.8) is 0 Å². The van der Waals surface area contributed by atoms with E-state index >= 15 is 0 Å². The van der Waals surface area contributed by atoms with Crippen LogP contribution in [0.2, 0.25) is 0 Å². The second kappa shape index (κ2) is 7.50. The van der Waals surface area contributed by atoms with Gasteiger partial charge in [-0.3, -0.25) is 0 Å². The summed E-state index contributed by atoms with van der Waals surface area (Å²) in [5.41, 5.74) is 2.81. The molecule has 0 aliphatic carbocycles. The van der Waals surface area contributed by atoms with Crippen LogP contribution in [0.15, 0.2) is 24.4 Å². The molecular formula is C20H27N5O2. The van der Waals surface area contributed by atoms with E-state index in [0.717, 1.165) is 67.5 Å². The fourth-order valence-corrected chi connectivity index (χ4v) is 4.07. The van der Waals surface area contributed by atoms with Gasteiger partial charge in [-0.25, -0.2) is 9.59 Å². The molecule has 0 radical (unpaired) electrons. The smallest absolute Gasteiger partial charge is 0.320 e. The zero-order chi connectivity index (χ0) is 18.8. The third-order valence-corrected chi connectivity index (χ3v) is 5.55. The number of urea groups is 2. The van der Waals surface area contributed by atoms with Crippen molar-refractivity contribution >= 4 is 28.7 Å². The van der Waals surface area contributed by atoms with E-state index in [1.165, 1.54) is 0 Å². The first kappa shape index (κ1) is 17.7. The van der Waals surface area contributed by atoms with Crippen LogP contribution < -0.4 is 10.6 Å². The molecule has 1 unspecified atom stereocenters. The third-order valence-electron chi connectivity index (χ3n) is 5.55.